The van der Waals surface area contributed by atoms with Crippen molar-refractivity contribution >= 4 is 22.8 Å². The van der Waals surface area contributed by atoms with Gasteiger partial charge in [-0.05, 0) is 25.1 Å². The summed E-state index contributed by atoms with van der Waals surface area (Å²) in [5.74, 6) is -0.712. The maximum Gasteiger partial charge on any atom is 0.329 e. The fourth-order valence-electron chi connectivity index (χ4n) is 3.48. The van der Waals surface area contributed by atoms with Gasteiger partial charge in [-0.2, -0.15) is 5.26 Å². The highest BCUT2D eigenvalue weighted by molar-refractivity contribution is 5.85. The molecular formula is C26H41N5O2. The Morgan fingerprint density at radius 2 is 1.58 bits per heavy atom. The monoisotopic (exact) mass is 455 g/mol. The first-order chi connectivity index (χ1) is 16.1. The number of nitriles is 1. The second-order valence-electron chi connectivity index (χ2n) is 7.59. The third kappa shape index (κ3) is 7.68. The van der Waals surface area contributed by atoms with Gasteiger partial charge in [0.1, 0.15) is 5.69 Å². The molecule has 2 heterocycles. The molecule has 1 atom stereocenters. The van der Waals surface area contributed by atoms with E-state index in [1.165, 1.54) is 0 Å². The van der Waals surface area contributed by atoms with E-state index in [1.54, 1.807) is 0 Å². The Bertz CT molecular complexity index is 884. The van der Waals surface area contributed by atoms with Gasteiger partial charge in [0.05, 0.1) is 23.7 Å². The highest BCUT2D eigenvalue weighted by atomic mass is 16.5. The van der Waals surface area contributed by atoms with Crippen LogP contribution in [0.15, 0.2) is 24.3 Å². The van der Waals surface area contributed by atoms with E-state index in [9.17, 15) is 10.1 Å². The summed E-state index contributed by atoms with van der Waals surface area (Å²) in [5.41, 5.74) is 1.82. The van der Waals surface area contributed by atoms with E-state index in [-0.39, 0.29) is 0 Å². The number of esters is 1. The maximum atomic E-state index is 12.8. The third-order valence-electron chi connectivity index (χ3n) is 5.64. The summed E-state index contributed by atoms with van der Waals surface area (Å²) in [6.45, 7) is 15.8. The molecule has 7 heteroatoms. The Labute approximate surface area is 199 Å². The van der Waals surface area contributed by atoms with E-state index in [1.807, 2.05) is 52.0 Å². The molecule has 1 aliphatic heterocycles. The Hall–Kier alpha value is -2.72. The lowest BCUT2D eigenvalue weighted by atomic mass is 10.0. The number of rotatable bonds is 7. The Morgan fingerprint density at radius 1 is 1.03 bits per heavy atom. The number of likely N-dealkylation sites (N-methyl/N-ethyl adjacent to an activating group) is 1. The van der Waals surface area contributed by atoms with Gasteiger partial charge in [-0.3, -0.25) is 4.79 Å². The summed E-state index contributed by atoms with van der Waals surface area (Å²) < 4.78 is 5.51. The molecule has 0 aliphatic carbocycles. The van der Waals surface area contributed by atoms with Crippen molar-refractivity contribution < 1.29 is 9.53 Å². The van der Waals surface area contributed by atoms with Gasteiger partial charge >= 0.3 is 5.97 Å². The zero-order valence-electron chi connectivity index (χ0n) is 21.5. The van der Waals surface area contributed by atoms with Gasteiger partial charge < -0.3 is 14.5 Å². The molecule has 1 saturated heterocycles. The van der Waals surface area contributed by atoms with Crippen LogP contribution in [-0.4, -0.2) is 60.7 Å². The van der Waals surface area contributed by atoms with Crippen molar-refractivity contribution in [3.63, 3.8) is 0 Å². The van der Waals surface area contributed by atoms with Gasteiger partial charge in [0.25, 0.3) is 0 Å². The van der Waals surface area contributed by atoms with E-state index >= 15 is 0 Å². The minimum absolute atomic E-state index is 0.304. The lowest BCUT2D eigenvalue weighted by Crippen LogP contribution is -2.45. The van der Waals surface area contributed by atoms with Crippen LogP contribution in [-0.2, 0) is 9.53 Å². The molecule has 0 saturated carbocycles. The summed E-state index contributed by atoms with van der Waals surface area (Å²) >= 11 is 0. The number of para-hydroxylation sites is 2. The Kier molecular flexibility index (Phi) is 13.0. The number of hydrogen-bond acceptors (Lipinski definition) is 7. The van der Waals surface area contributed by atoms with Crippen molar-refractivity contribution in [2.45, 2.75) is 60.3 Å². The molecule has 0 amide bonds. The number of fused-ring (bicyclic) bond motifs is 1. The fraction of sp³-hybridized carbons (Fsp3) is 0.615. The molecule has 0 N–H and O–H groups in total. The second kappa shape index (κ2) is 15.2. The van der Waals surface area contributed by atoms with E-state index < -0.39 is 11.9 Å². The predicted molar refractivity (Wildman–Crippen MR) is 135 cm³/mol. The van der Waals surface area contributed by atoms with Gasteiger partial charge in [0.15, 0.2) is 11.7 Å². The van der Waals surface area contributed by atoms with Crippen LogP contribution in [0.2, 0.25) is 0 Å². The molecule has 1 aromatic heterocycles. The number of ether oxygens (including phenoxy) is 1. The van der Waals surface area contributed by atoms with Crippen molar-refractivity contribution in [3.8, 4) is 6.07 Å². The number of piperazine rings is 1. The van der Waals surface area contributed by atoms with E-state index in [2.05, 4.69) is 41.7 Å². The summed E-state index contributed by atoms with van der Waals surface area (Å²) in [4.78, 5) is 26.6. The number of hydrogen-bond donors (Lipinski definition) is 0. The molecule has 0 radical (unpaired) electrons. The molecule has 0 spiro atoms. The molecular weight excluding hydrogens is 414 g/mol. The van der Waals surface area contributed by atoms with Gasteiger partial charge in [-0.1, -0.05) is 66.5 Å². The highest BCUT2D eigenvalue weighted by Gasteiger charge is 2.31. The molecule has 2 aromatic rings. The van der Waals surface area contributed by atoms with Crippen molar-refractivity contribution in [1.29, 1.82) is 5.26 Å². The van der Waals surface area contributed by atoms with Crippen LogP contribution in [0.1, 0.15) is 66.0 Å². The topological polar surface area (TPSA) is 82.3 Å². The van der Waals surface area contributed by atoms with Crippen molar-refractivity contribution in [1.82, 2.24) is 14.9 Å². The normalized spacial score (nSPS) is 14.5. The molecule has 1 aliphatic rings. The SMILES string of the molecule is CC.CC.CCC(CC)COC(=O)C(C#N)c1nc2ccccc2nc1N1CCN(C)CC1. The van der Waals surface area contributed by atoms with Crippen LogP contribution in [0.25, 0.3) is 11.0 Å². The summed E-state index contributed by atoms with van der Waals surface area (Å²) in [6, 6.07) is 9.66. The number of nitrogens with zero attached hydrogens (tertiary/aromatic N) is 5. The second-order valence-corrected chi connectivity index (χ2v) is 7.59. The lowest BCUT2D eigenvalue weighted by molar-refractivity contribution is -0.145. The third-order valence-corrected chi connectivity index (χ3v) is 5.64. The Morgan fingerprint density at radius 3 is 2.09 bits per heavy atom. The first-order valence-corrected chi connectivity index (χ1v) is 12.3. The van der Waals surface area contributed by atoms with Crippen molar-refractivity contribution in [3.05, 3.63) is 30.0 Å². The molecule has 182 valence electrons. The van der Waals surface area contributed by atoms with E-state index in [4.69, 9.17) is 9.72 Å². The molecule has 1 unspecified atom stereocenters. The average molecular weight is 456 g/mol. The summed E-state index contributed by atoms with van der Waals surface area (Å²) in [6.07, 6.45) is 1.87. The van der Waals surface area contributed by atoms with Gasteiger partial charge in [-0.25, -0.2) is 9.97 Å². The van der Waals surface area contributed by atoms with Crippen LogP contribution in [0.3, 0.4) is 0 Å². The molecule has 33 heavy (non-hydrogen) atoms. The standard InChI is InChI=1S/C22H29N5O2.2C2H6/c1-4-16(5-2)15-29-22(28)17(14-23)20-21(27-12-10-26(3)11-13-27)25-19-9-7-6-8-18(19)24-20;2*1-2/h6-9,16-17H,4-5,10-13,15H2,1-3H3;2*1-2H3. The average Bonchev–Trinajstić information content (AvgIpc) is 2.87. The Balaban J connectivity index is 0.00000129. The highest BCUT2D eigenvalue weighted by Crippen LogP contribution is 2.29. The fourth-order valence-corrected chi connectivity index (χ4v) is 3.48. The maximum absolute atomic E-state index is 12.8. The van der Waals surface area contributed by atoms with Gasteiger partial charge in [-0.15, -0.1) is 0 Å². The molecule has 0 bridgehead atoms. The molecule has 7 nitrogen and oxygen atoms in total. The summed E-state index contributed by atoms with van der Waals surface area (Å²) in [5, 5.41) is 9.82. The summed E-state index contributed by atoms with van der Waals surface area (Å²) in [7, 11) is 2.08. The van der Waals surface area contributed by atoms with Crippen molar-refractivity contribution in [2.75, 3.05) is 44.7 Å². The quantitative estimate of drug-likeness (QED) is 0.542. The van der Waals surface area contributed by atoms with Crippen LogP contribution in [0.4, 0.5) is 5.82 Å². The van der Waals surface area contributed by atoms with Crippen LogP contribution in [0.5, 0.6) is 0 Å². The van der Waals surface area contributed by atoms with E-state index in [0.29, 0.717) is 29.6 Å². The van der Waals surface area contributed by atoms with Crippen LogP contribution >= 0.6 is 0 Å². The van der Waals surface area contributed by atoms with Crippen LogP contribution in [0, 0.1) is 17.2 Å². The smallest absolute Gasteiger partial charge is 0.329 e. The lowest BCUT2D eigenvalue weighted by Gasteiger charge is -2.34. The molecule has 3 rings (SSSR count). The zero-order chi connectivity index (χ0) is 24.8. The number of aromatic nitrogens is 2. The number of carbonyl (C=O) groups excluding carboxylic acids is 1. The van der Waals surface area contributed by atoms with Crippen LogP contribution < -0.4 is 4.90 Å². The number of anilines is 1. The number of carbonyl (C=O) groups is 1. The van der Waals surface area contributed by atoms with Gasteiger partial charge in [0, 0.05) is 26.2 Å². The zero-order valence-corrected chi connectivity index (χ0v) is 21.5. The van der Waals surface area contributed by atoms with E-state index in [0.717, 1.165) is 44.5 Å². The van der Waals surface area contributed by atoms with Crippen molar-refractivity contribution in [2.24, 2.45) is 5.92 Å². The molecule has 1 aromatic carbocycles. The molecule has 1 fully saturated rings. The predicted octanol–water partition coefficient (Wildman–Crippen LogP) is 5.02. The largest absolute Gasteiger partial charge is 0.464 e. The first kappa shape index (κ1) is 28.3. The minimum Gasteiger partial charge on any atom is -0.464 e. The van der Waals surface area contributed by atoms with Gasteiger partial charge in [0.2, 0.25) is 0 Å². The minimum atomic E-state index is -1.09. The first-order valence-electron chi connectivity index (χ1n) is 12.3. The number of benzene rings is 1.